The van der Waals surface area contributed by atoms with Crippen molar-refractivity contribution >= 4 is 11.6 Å². The summed E-state index contributed by atoms with van der Waals surface area (Å²) in [6.45, 7) is 2.28. The highest BCUT2D eigenvalue weighted by Crippen LogP contribution is 2.74. The minimum absolute atomic E-state index is 0.192. The fraction of sp³-hybridized carbons (Fsp3) is 0.378. The monoisotopic (exact) mass is 588 g/mol. The summed E-state index contributed by atoms with van der Waals surface area (Å²) in [5, 5.41) is 2.85. The molecule has 228 valence electrons. The van der Waals surface area contributed by atoms with Gasteiger partial charge in [0, 0.05) is 17.3 Å². The zero-order valence-electron chi connectivity index (χ0n) is 27.0. The lowest BCUT2D eigenvalue weighted by Crippen LogP contribution is -2.32. The van der Waals surface area contributed by atoms with Crippen LogP contribution < -0.4 is 10.4 Å². The van der Waals surface area contributed by atoms with E-state index < -0.39 is 0 Å². The predicted molar refractivity (Wildman–Crippen MR) is 190 cm³/mol. The Morgan fingerprint density at radius 2 is 1.64 bits per heavy atom. The minimum Gasteiger partial charge on any atom is -0.0770 e. The van der Waals surface area contributed by atoms with Crippen LogP contribution in [0.3, 0.4) is 0 Å². The summed E-state index contributed by atoms with van der Waals surface area (Å²) in [6.07, 6.45) is 30.0. The van der Waals surface area contributed by atoms with E-state index in [2.05, 4.69) is 128 Å². The molecule has 0 aromatic heterocycles. The summed E-state index contributed by atoms with van der Waals surface area (Å²) >= 11 is 0. The Labute approximate surface area is 270 Å². The Morgan fingerprint density at radius 1 is 0.822 bits per heavy atom. The van der Waals surface area contributed by atoms with Crippen molar-refractivity contribution in [2.24, 2.45) is 23.2 Å². The normalized spacial score (nSPS) is 29.1. The summed E-state index contributed by atoms with van der Waals surface area (Å²) in [5.74, 6) is 3.23. The molecule has 0 heterocycles. The maximum Gasteiger partial charge on any atom is 0.00677 e. The van der Waals surface area contributed by atoms with Crippen LogP contribution in [0.15, 0.2) is 126 Å². The third-order valence-corrected chi connectivity index (χ3v) is 11.9. The van der Waals surface area contributed by atoms with Crippen LogP contribution in [0.4, 0.5) is 0 Å². The molecule has 5 aliphatic carbocycles. The molecule has 0 radical (unpaired) electrons. The van der Waals surface area contributed by atoms with Gasteiger partial charge >= 0.3 is 0 Å². The zero-order chi connectivity index (χ0) is 30.2. The van der Waals surface area contributed by atoms with E-state index >= 15 is 0 Å². The van der Waals surface area contributed by atoms with Crippen LogP contribution in [0.5, 0.6) is 0 Å². The summed E-state index contributed by atoms with van der Waals surface area (Å²) in [5.41, 5.74) is 9.65. The molecule has 45 heavy (non-hydrogen) atoms. The number of rotatable bonds is 10. The SMILES string of the molecule is CCCc1ccc(C2[C@@H]3/C=c4\cccc\c4=C4/C=CC=CC4CC23C2=CC=C(CCCC(c3ccccc3)C3CC3)CC2)cc1. The predicted octanol–water partition coefficient (Wildman–Crippen LogP) is 10.1. The molecule has 5 aliphatic rings. The van der Waals surface area contributed by atoms with Crippen molar-refractivity contribution in [1.82, 2.24) is 0 Å². The molecule has 0 saturated heterocycles. The highest BCUT2D eigenvalue weighted by atomic mass is 14.7. The van der Waals surface area contributed by atoms with Gasteiger partial charge in [-0.25, -0.2) is 0 Å². The van der Waals surface area contributed by atoms with Crippen LogP contribution in [0.25, 0.3) is 11.6 Å². The summed E-state index contributed by atoms with van der Waals surface area (Å²) in [7, 11) is 0. The first-order valence-electron chi connectivity index (χ1n) is 17.9. The number of hydrogen-bond acceptors (Lipinski definition) is 0. The average molecular weight is 589 g/mol. The van der Waals surface area contributed by atoms with Gasteiger partial charge in [-0.1, -0.05) is 146 Å². The van der Waals surface area contributed by atoms with Gasteiger partial charge < -0.3 is 0 Å². The molecule has 0 bridgehead atoms. The minimum atomic E-state index is 0.192. The van der Waals surface area contributed by atoms with Crippen molar-refractivity contribution in [3.63, 3.8) is 0 Å². The summed E-state index contributed by atoms with van der Waals surface area (Å²) < 4.78 is 0. The van der Waals surface area contributed by atoms with Crippen molar-refractivity contribution in [2.75, 3.05) is 0 Å². The maximum atomic E-state index is 2.66. The lowest BCUT2D eigenvalue weighted by molar-refractivity contribution is 0.454. The standard InChI is InChI=1S/C45H48/c1-2-11-32-20-24-36(25-21-32)44-43-30-37-15-6-8-17-41(37)42-18-9-7-16-38(42)31-45(43,44)39-28-22-33(23-29-39)12-10-19-40(35-26-27-35)34-13-4-3-5-14-34/h3-9,13-18,20-22,24-25,28,30,35,38,40,43-44H,2,10-12,19,23,26-27,29,31H2,1H3/b37-30+,42-41-/t38?,40?,43-,44?,45?/m0/s1. The first-order valence-corrected chi connectivity index (χ1v) is 17.9. The Bertz CT molecular complexity index is 1770. The Hall–Kier alpha value is -3.64. The second-order valence-electron chi connectivity index (χ2n) is 14.6. The molecule has 0 aliphatic heterocycles. The molecule has 0 amide bonds. The molecule has 0 nitrogen and oxygen atoms in total. The van der Waals surface area contributed by atoms with E-state index in [1.54, 1.807) is 16.7 Å². The third kappa shape index (κ3) is 5.56. The first-order chi connectivity index (χ1) is 22.2. The van der Waals surface area contributed by atoms with E-state index in [0.717, 1.165) is 11.8 Å². The van der Waals surface area contributed by atoms with Crippen molar-refractivity contribution in [3.05, 3.63) is 154 Å². The molecular weight excluding hydrogens is 540 g/mol. The quantitative estimate of drug-likeness (QED) is 0.221. The molecule has 2 saturated carbocycles. The molecule has 8 rings (SSSR count). The lowest BCUT2D eigenvalue weighted by atomic mass is 9.73. The van der Waals surface area contributed by atoms with Crippen LogP contribution in [0.1, 0.15) is 93.2 Å². The largest absolute Gasteiger partial charge is 0.0770 e. The van der Waals surface area contributed by atoms with E-state index in [0.29, 0.717) is 17.8 Å². The molecule has 4 unspecified atom stereocenters. The number of hydrogen-bond donors (Lipinski definition) is 0. The van der Waals surface area contributed by atoms with Gasteiger partial charge in [0.25, 0.3) is 0 Å². The van der Waals surface area contributed by atoms with Crippen molar-refractivity contribution in [1.29, 1.82) is 0 Å². The molecule has 0 N–H and O–H groups in total. The molecular formula is C45H48. The van der Waals surface area contributed by atoms with Crippen LogP contribution in [-0.4, -0.2) is 0 Å². The van der Waals surface area contributed by atoms with Gasteiger partial charge in [0.15, 0.2) is 0 Å². The van der Waals surface area contributed by atoms with Gasteiger partial charge in [0.2, 0.25) is 0 Å². The van der Waals surface area contributed by atoms with Gasteiger partial charge in [0.05, 0.1) is 0 Å². The van der Waals surface area contributed by atoms with E-state index in [9.17, 15) is 0 Å². The second-order valence-corrected chi connectivity index (χ2v) is 14.6. The van der Waals surface area contributed by atoms with Gasteiger partial charge in [-0.15, -0.1) is 0 Å². The molecule has 3 aromatic rings. The first kappa shape index (κ1) is 28.8. The number of aryl methyl sites for hydroxylation is 1. The van der Waals surface area contributed by atoms with Gasteiger partial charge in [-0.05, 0) is 108 Å². The van der Waals surface area contributed by atoms with Crippen LogP contribution in [0, 0.1) is 23.2 Å². The molecule has 0 spiro atoms. The van der Waals surface area contributed by atoms with Gasteiger partial charge in [0.1, 0.15) is 0 Å². The highest BCUT2D eigenvalue weighted by molar-refractivity contribution is 5.67. The topological polar surface area (TPSA) is 0 Å². The Morgan fingerprint density at radius 3 is 2.42 bits per heavy atom. The second kappa shape index (κ2) is 12.3. The fourth-order valence-electron chi connectivity index (χ4n) is 9.42. The molecule has 3 aromatic carbocycles. The number of benzene rings is 3. The summed E-state index contributed by atoms with van der Waals surface area (Å²) in [4.78, 5) is 0. The van der Waals surface area contributed by atoms with Crippen molar-refractivity contribution < 1.29 is 0 Å². The zero-order valence-corrected chi connectivity index (χ0v) is 27.0. The smallest absolute Gasteiger partial charge is 0.00677 e. The van der Waals surface area contributed by atoms with Gasteiger partial charge in [-0.2, -0.15) is 0 Å². The van der Waals surface area contributed by atoms with Crippen molar-refractivity contribution in [3.8, 4) is 0 Å². The Balaban J connectivity index is 1.10. The maximum absolute atomic E-state index is 2.66. The number of fused-ring (bicyclic) bond motifs is 3. The Kier molecular flexibility index (Phi) is 7.86. The van der Waals surface area contributed by atoms with Gasteiger partial charge in [-0.3, -0.25) is 0 Å². The van der Waals surface area contributed by atoms with Crippen LogP contribution in [0.2, 0.25) is 0 Å². The lowest BCUT2D eigenvalue weighted by Gasteiger charge is -2.31. The molecule has 2 fully saturated rings. The average Bonchev–Trinajstić information content (AvgIpc) is 4.01. The van der Waals surface area contributed by atoms with E-state index in [-0.39, 0.29) is 5.41 Å². The highest BCUT2D eigenvalue weighted by Gasteiger charge is 2.65. The fourth-order valence-corrected chi connectivity index (χ4v) is 9.42. The van der Waals surface area contributed by atoms with Crippen LogP contribution in [-0.2, 0) is 6.42 Å². The number of allylic oxidation sites excluding steroid dienone is 8. The van der Waals surface area contributed by atoms with Crippen LogP contribution >= 0.6 is 0 Å². The van der Waals surface area contributed by atoms with E-state index in [1.165, 1.54) is 91.3 Å². The van der Waals surface area contributed by atoms with E-state index in [1.807, 2.05) is 0 Å². The molecule has 0 heteroatoms. The molecule has 5 atom stereocenters. The third-order valence-electron chi connectivity index (χ3n) is 11.9. The summed E-state index contributed by atoms with van der Waals surface area (Å²) in [6, 6.07) is 30.2. The van der Waals surface area contributed by atoms with E-state index in [4.69, 9.17) is 0 Å². The van der Waals surface area contributed by atoms with Crippen molar-refractivity contribution in [2.45, 2.75) is 83.0 Å².